The van der Waals surface area contributed by atoms with Gasteiger partial charge < -0.3 is 15.8 Å². The summed E-state index contributed by atoms with van der Waals surface area (Å²) in [7, 11) is 1.68. The van der Waals surface area contributed by atoms with Crippen molar-refractivity contribution < 1.29 is 4.74 Å². The number of nitrogens with two attached hydrogens (primary N) is 1. The van der Waals surface area contributed by atoms with Crippen LogP contribution in [-0.4, -0.2) is 33.4 Å². The van der Waals surface area contributed by atoms with Crippen LogP contribution in [0.15, 0.2) is 0 Å². The zero-order valence-corrected chi connectivity index (χ0v) is 5.31. The third kappa shape index (κ3) is 5.88. The maximum atomic E-state index is 5.21. The first-order valence-electron chi connectivity index (χ1n) is 2.81. The van der Waals surface area contributed by atoms with E-state index in [4.69, 9.17) is 10.5 Å². The molecule has 0 atom stereocenters. The van der Waals surface area contributed by atoms with Crippen molar-refractivity contribution in [1.82, 2.24) is 5.32 Å². The van der Waals surface area contributed by atoms with Gasteiger partial charge in [-0.25, -0.2) is 0 Å². The molecule has 0 aliphatic heterocycles. The van der Waals surface area contributed by atoms with Crippen LogP contribution in [0, 0.1) is 0 Å². The third-order valence-corrected chi connectivity index (χ3v) is 0.804. The second kappa shape index (κ2) is 6.88. The largest absolute Gasteiger partial charge is 0.383 e. The maximum absolute atomic E-state index is 5.21. The van der Waals surface area contributed by atoms with E-state index in [1.165, 1.54) is 0 Å². The topological polar surface area (TPSA) is 47.3 Å². The molecule has 0 aliphatic rings. The van der Waals surface area contributed by atoms with Crippen molar-refractivity contribution in [3.05, 3.63) is 0 Å². The Balaban J connectivity index is 2.53. The van der Waals surface area contributed by atoms with E-state index in [-0.39, 0.29) is 0 Å². The summed E-state index contributed by atoms with van der Waals surface area (Å²) in [4.78, 5) is 0. The molecule has 0 aromatic heterocycles. The van der Waals surface area contributed by atoms with Crippen molar-refractivity contribution in [2.24, 2.45) is 5.73 Å². The van der Waals surface area contributed by atoms with E-state index in [1.807, 2.05) is 0 Å². The molecule has 3 nitrogen and oxygen atoms in total. The van der Waals surface area contributed by atoms with Gasteiger partial charge >= 0.3 is 0 Å². The monoisotopic (exact) mass is 118 g/mol. The fourth-order valence-electron chi connectivity index (χ4n) is 0.401. The summed E-state index contributed by atoms with van der Waals surface area (Å²) in [6.45, 7) is 3.24. The van der Waals surface area contributed by atoms with E-state index in [0.29, 0.717) is 6.54 Å². The smallest absolute Gasteiger partial charge is 0.0587 e. The molecule has 0 saturated heterocycles. The van der Waals surface area contributed by atoms with Crippen molar-refractivity contribution in [1.29, 1.82) is 0 Å². The Morgan fingerprint density at radius 3 is 2.75 bits per heavy atom. The molecule has 3 heteroatoms. The lowest BCUT2D eigenvalue weighted by molar-refractivity contribution is 0.200. The molecule has 3 N–H and O–H groups in total. The molecule has 0 heterocycles. The molecule has 0 unspecified atom stereocenters. The first-order valence-corrected chi connectivity index (χ1v) is 2.81. The molecule has 8 heavy (non-hydrogen) atoms. The van der Waals surface area contributed by atoms with Gasteiger partial charge in [0.05, 0.1) is 6.61 Å². The average molecular weight is 118 g/mol. The summed E-state index contributed by atoms with van der Waals surface area (Å²) in [6, 6.07) is 0. The molecule has 0 fully saturated rings. The van der Waals surface area contributed by atoms with E-state index in [0.717, 1.165) is 19.7 Å². The first-order chi connectivity index (χ1) is 3.91. The van der Waals surface area contributed by atoms with Crippen LogP contribution in [0.5, 0.6) is 0 Å². The van der Waals surface area contributed by atoms with Crippen molar-refractivity contribution >= 4 is 0 Å². The highest BCUT2D eigenvalue weighted by Crippen LogP contribution is 1.61. The molecule has 0 radical (unpaired) electrons. The highest BCUT2D eigenvalue weighted by molar-refractivity contribution is 4.43. The summed E-state index contributed by atoms with van der Waals surface area (Å²) in [5.41, 5.74) is 5.21. The molecule has 0 bridgehead atoms. The number of hydrogen-bond donors (Lipinski definition) is 2. The van der Waals surface area contributed by atoms with Gasteiger partial charge in [0, 0.05) is 26.7 Å². The van der Waals surface area contributed by atoms with E-state index in [9.17, 15) is 0 Å². The van der Waals surface area contributed by atoms with Crippen LogP contribution in [0.25, 0.3) is 0 Å². The Labute approximate surface area is 50.2 Å². The fourth-order valence-corrected chi connectivity index (χ4v) is 0.401. The van der Waals surface area contributed by atoms with Crippen molar-refractivity contribution in [3.63, 3.8) is 0 Å². The van der Waals surface area contributed by atoms with Gasteiger partial charge in [-0.2, -0.15) is 0 Å². The maximum Gasteiger partial charge on any atom is 0.0587 e. The second-order valence-corrected chi connectivity index (χ2v) is 1.53. The van der Waals surface area contributed by atoms with Crippen LogP contribution < -0.4 is 11.1 Å². The molecule has 0 saturated carbocycles. The molecule has 0 aliphatic carbocycles. The van der Waals surface area contributed by atoms with Gasteiger partial charge in [0.1, 0.15) is 0 Å². The summed E-state index contributed by atoms with van der Waals surface area (Å²) in [5, 5.41) is 3.09. The lowest BCUT2D eigenvalue weighted by Crippen LogP contribution is -2.25. The van der Waals surface area contributed by atoms with Crippen LogP contribution in [-0.2, 0) is 4.74 Å². The minimum Gasteiger partial charge on any atom is -0.383 e. The predicted molar refractivity (Wildman–Crippen MR) is 33.8 cm³/mol. The van der Waals surface area contributed by atoms with Gasteiger partial charge in [0.2, 0.25) is 0 Å². The fraction of sp³-hybridized carbons (Fsp3) is 1.00. The van der Waals surface area contributed by atoms with Crippen LogP contribution in [0.1, 0.15) is 0 Å². The van der Waals surface area contributed by atoms with Gasteiger partial charge in [-0.3, -0.25) is 0 Å². The number of rotatable bonds is 5. The zero-order chi connectivity index (χ0) is 6.24. The normalized spacial score (nSPS) is 9.75. The Bertz CT molecular complexity index is 35.4. The van der Waals surface area contributed by atoms with Gasteiger partial charge in [-0.05, 0) is 0 Å². The van der Waals surface area contributed by atoms with E-state index < -0.39 is 0 Å². The summed E-state index contributed by atoms with van der Waals surface area (Å²) in [6.07, 6.45) is 0. The van der Waals surface area contributed by atoms with Gasteiger partial charge in [0.25, 0.3) is 0 Å². The number of methoxy groups -OCH3 is 1. The van der Waals surface area contributed by atoms with Gasteiger partial charge in [0.15, 0.2) is 0 Å². The number of hydrogen-bond acceptors (Lipinski definition) is 3. The third-order valence-electron chi connectivity index (χ3n) is 0.804. The van der Waals surface area contributed by atoms with Crippen molar-refractivity contribution in [2.45, 2.75) is 0 Å². The van der Waals surface area contributed by atoms with Crippen LogP contribution in [0.4, 0.5) is 0 Å². The van der Waals surface area contributed by atoms with Gasteiger partial charge in [-0.15, -0.1) is 0 Å². The van der Waals surface area contributed by atoms with Crippen molar-refractivity contribution in [2.75, 3.05) is 33.4 Å². The summed E-state index contributed by atoms with van der Waals surface area (Å²) < 4.78 is 4.79. The molecule has 50 valence electrons. The number of nitrogens with one attached hydrogen (secondary N) is 1. The second-order valence-electron chi connectivity index (χ2n) is 1.53. The Kier molecular flexibility index (Phi) is 6.78. The molecular formula is C5H14N2O. The lowest BCUT2D eigenvalue weighted by atomic mass is 10.6. The lowest BCUT2D eigenvalue weighted by Gasteiger charge is -1.98. The highest BCUT2D eigenvalue weighted by Gasteiger charge is 1.80. The molecule has 0 aromatic rings. The van der Waals surface area contributed by atoms with Crippen LogP contribution in [0.2, 0.25) is 0 Å². The van der Waals surface area contributed by atoms with E-state index in [2.05, 4.69) is 5.32 Å². The average Bonchev–Trinajstić information content (AvgIpc) is 1.81. The predicted octanol–water partition coefficient (Wildman–Crippen LogP) is -0.819. The molecule has 0 amide bonds. The highest BCUT2D eigenvalue weighted by atomic mass is 16.5. The Morgan fingerprint density at radius 1 is 1.50 bits per heavy atom. The minimum atomic E-state index is 0.698. The Morgan fingerprint density at radius 2 is 2.25 bits per heavy atom. The van der Waals surface area contributed by atoms with Crippen molar-refractivity contribution in [3.8, 4) is 0 Å². The summed E-state index contributed by atoms with van der Waals surface area (Å²) in [5.74, 6) is 0. The Hall–Kier alpha value is -0.120. The molecule has 0 aromatic carbocycles. The molecule has 0 rings (SSSR count). The number of ether oxygens (including phenoxy) is 1. The molecular weight excluding hydrogens is 104 g/mol. The standard InChI is InChI=1S/C5H14N2O/c1-8-5-4-7-3-2-6/h7H,2-6H2,1H3. The van der Waals surface area contributed by atoms with Crippen LogP contribution in [0.3, 0.4) is 0 Å². The summed E-state index contributed by atoms with van der Waals surface area (Å²) >= 11 is 0. The van der Waals surface area contributed by atoms with Crippen LogP contribution >= 0.6 is 0 Å². The van der Waals surface area contributed by atoms with E-state index in [1.54, 1.807) is 7.11 Å². The molecule has 0 spiro atoms. The minimum absolute atomic E-state index is 0.698. The van der Waals surface area contributed by atoms with E-state index >= 15 is 0 Å². The first kappa shape index (κ1) is 7.88. The quantitative estimate of drug-likeness (QED) is 0.464. The zero-order valence-electron chi connectivity index (χ0n) is 5.31. The SMILES string of the molecule is COCCNCCN. The van der Waals surface area contributed by atoms with Gasteiger partial charge in [-0.1, -0.05) is 0 Å².